The third-order valence-electron chi connectivity index (χ3n) is 3.34. The van der Waals surface area contributed by atoms with Gasteiger partial charge in [-0.15, -0.1) is 0 Å². The average Bonchev–Trinajstić information content (AvgIpc) is 2.51. The number of rotatable bonds is 7. The molecule has 0 spiro atoms. The van der Waals surface area contributed by atoms with Crippen LogP contribution in [0.4, 0.5) is 16.2 Å². The molecule has 0 radical (unpaired) electrons. The molecule has 0 fully saturated rings. The summed E-state index contributed by atoms with van der Waals surface area (Å²) in [6, 6.07) is 5.36. The third-order valence-corrected chi connectivity index (χ3v) is 3.98. The predicted octanol–water partition coefficient (Wildman–Crippen LogP) is 2.40. The summed E-state index contributed by atoms with van der Waals surface area (Å²) in [5.41, 5.74) is 5.85. The molecule has 1 aromatic carbocycles. The van der Waals surface area contributed by atoms with Crippen molar-refractivity contribution in [2.24, 2.45) is 11.1 Å². The van der Waals surface area contributed by atoms with Crippen molar-refractivity contribution in [3.63, 3.8) is 0 Å². The molecule has 1 aromatic rings. The van der Waals surface area contributed by atoms with Crippen LogP contribution in [0.5, 0.6) is 0 Å². The van der Waals surface area contributed by atoms with Gasteiger partial charge in [-0.05, 0) is 42.7 Å². The van der Waals surface area contributed by atoms with Crippen LogP contribution in [0.15, 0.2) is 24.3 Å². The maximum Gasteiger partial charge on any atom is 0.312 e. The summed E-state index contributed by atoms with van der Waals surface area (Å²) >= 11 is 1.58. The molecule has 0 aromatic heterocycles. The molecule has 1 unspecified atom stereocenters. The van der Waals surface area contributed by atoms with Gasteiger partial charge in [0.1, 0.15) is 6.04 Å². The van der Waals surface area contributed by atoms with Crippen LogP contribution < -0.4 is 21.7 Å². The van der Waals surface area contributed by atoms with Crippen molar-refractivity contribution in [3.05, 3.63) is 24.3 Å². The highest BCUT2D eigenvalue weighted by molar-refractivity contribution is 7.98. The highest BCUT2D eigenvalue weighted by Crippen LogP contribution is 2.19. The van der Waals surface area contributed by atoms with Gasteiger partial charge in [0.2, 0.25) is 11.8 Å². The lowest BCUT2D eigenvalue weighted by Crippen LogP contribution is -2.46. The summed E-state index contributed by atoms with van der Waals surface area (Å²) in [4.78, 5) is 35.3. The fraction of sp³-hybridized carbons (Fsp3) is 0.471. The normalized spacial score (nSPS) is 12.2. The van der Waals surface area contributed by atoms with Gasteiger partial charge < -0.3 is 21.7 Å². The Morgan fingerprint density at radius 3 is 2.04 bits per heavy atom. The number of amides is 4. The lowest BCUT2D eigenvalue weighted by atomic mass is 9.95. The van der Waals surface area contributed by atoms with E-state index in [9.17, 15) is 14.4 Å². The Hall–Kier alpha value is -2.22. The monoisotopic (exact) mass is 366 g/mol. The molecule has 1 atom stereocenters. The SMILES string of the molecule is CSCCC(NC(N)=O)C(=O)Nc1ccc(NC(=O)C(C)(C)C)cc1. The van der Waals surface area contributed by atoms with Crippen molar-refractivity contribution in [2.45, 2.75) is 33.2 Å². The minimum absolute atomic E-state index is 0.0907. The Bertz CT molecular complexity index is 611. The maximum atomic E-state index is 12.3. The number of benzene rings is 1. The number of thioether (sulfide) groups is 1. The van der Waals surface area contributed by atoms with E-state index in [1.165, 1.54) is 0 Å². The molecule has 0 saturated carbocycles. The topological polar surface area (TPSA) is 113 Å². The molecule has 0 bridgehead atoms. The maximum absolute atomic E-state index is 12.3. The van der Waals surface area contributed by atoms with E-state index in [-0.39, 0.29) is 11.8 Å². The Morgan fingerprint density at radius 1 is 1.08 bits per heavy atom. The van der Waals surface area contributed by atoms with Crippen LogP contribution in [0.1, 0.15) is 27.2 Å². The standard InChI is InChI=1S/C17H26N4O3S/c1-17(2,3)15(23)20-12-7-5-11(6-8-12)19-14(22)13(9-10-25-4)21-16(18)24/h5-8,13H,9-10H2,1-4H3,(H,19,22)(H,20,23)(H3,18,21,24). The summed E-state index contributed by atoms with van der Waals surface area (Å²) in [5, 5.41) is 7.99. The smallest absolute Gasteiger partial charge is 0.312 e. The largest absolute Gasteiger partial charge is 0.352 e. The van der Waals surface area contributed by atoms with Gasteiger partial charge in [0.25, 0.3) is 0 Å². The molecule has 0 aliphatic rings. The zero-order valence-corrected chi connectivity index (χ0v) is 15.8. The Balaban J connectivity index is 2.70. The number of anilines is 2. The van der Waals surface area contributed by atoms with Crippen LogP contribution in [-0.2, 0) is 9.59 Å². The van der Waals surface area contributed by atoms with E-state index >= 15 is 0 Å². The van der Waals surface area contributed by atoms with Gasteiger partial charge in [-0.25, -0.2) is 4.79 Å². The van der Waals surface area contributed by atoms with Gasteiger partial charge in [-0.3, -0.25) is 9.59 Å². The van der Waals surface area contributed by atoms with Crippen molar-refractivity contribution in [1.82, 2.24) is 5.32 Å². The van der Waals surface area contributed by atoms with E-state index in [1.54, 1.807) is 36.0 Å². The van der Waals surface area contributed by atoms with Crippen LogP contribution >= 0.6 is 11.8 Å². The van der Waals surface area contributed by atoms with E-state index in [4.69, 9.17) is 5.73 Å². The molecule has 138 valence electrons. The highest BCUT2D eigenvalue weighted by Gasteiger charge is 2.21. The number of carbonyl (C=O) groups is 3. The molecular weight excluding hydrogens is 340 g/mol. The molecule has 8 heteroatoms. The van der Waals surface area contributed by atoms with Gasteiger partial charge in [-0.1, -0.05) is 20.8 Å². The minimum atomic E-state index is -0.735. The Labute approximate surface area is 152 Å². The molecule has 7 nitrogen and oxygen atoms in total. The fourth-order valence-corrected chi connectivity index (χ4v) is 2.33. The lowest BCUT2D eigenvalue weighted by molar-refractivity contribution is -0.123. The van der Waals surface area contributed by atoms with Gasteiger partial charge >= 0.3 is 6.03 Å². The number of hydrogen-bond donors (Lipinski definition) is 4. The van der Waals surface area contributed by atoms with Gasteiger partial charge in [-0.2, -0.15) is 11.8 Å². The lowest BCUT2D eigenvalue weighted by Gasteiger charge is -2.18. The molecule has 0 heterocycles. The van der Waals surface area contributed by atoms with Gasteiger partial charge in [0.15, 0.2) is 0 Å². The van der Waals surface area contributed by atoms with E-state index in [0.29, 0.717) is 17.8 Å². The second-order valence-electron chi connectivity index (χ2n) is 6.61. The number of primary amides is 1. The van der Waals surface area contributed by atoms with Crippen molar-refractivity contribution in [3.8, 4) is 0 Å². The molecular formula is C17H26N4O3S. The van der Waals surface area contributed by atoms with Gasteiger partial charge in [0, 0.05) is 16.8 Å². The second kappa shape index (κ2) is 9.31. The zero-order chi connectivity index (χ0) is 19.0. The van der Waals surface area contributed by atoms with E-state index in [2.05, 4.69) is 16.0 Å². The first kappa shape index (κ1) is 20.8. The molecule has 4 amide bonds. The molecule has 1 rings (SSSR count). The van der Waals surface area contributed by atoms with Crippen molar-refractivity contribution < 1.29 is 14.4 Å². The first-order valence-electron chi connectivity index (χ1n) is 7.90. The third kappa shape index (κ3) is 7.47. The van der Waals surface area contributed by atoms with E-state index in [1.807, 2.05) is 27.0 Å². The summed E-state index contributed by atoms with van der Waals surface area (Å²) in [7, 11) is 0. The van der Waals surface area contributed by atoms with Crippen molar-refractivity contribution >= 4 is 41.0 Å². The van der Waals surface area contributed by atoms with Crippen molar-refractivity contribution in [2.75, 3.05) is 22.6 Å². The summed E-state index contributed by atoms with van der Waals surface area (Å²) in [5.74, 6) is 0.294. The number of hydrogen-bond acceptors (Lipinski definition) is 4. The molecule has 5 N–H and O–H groups in total. The number of nitrogens with one attached hydrogen (secondary N) is 3. The number of carbonyl (C=O) groups excluding carboxylic acids is 3. The molecule has 25 heavy (non-hydrogen) atoms. The quantitative estimate of drug-likeness (QED) is 0.593. The zero-order valence-electron chi connectivity index (χ0n) is 15.0. The fourth-order valence-electron chi connectivity index (χ4n) is 1.86. The molecule has 0 aliphatic carbocycles. The number of nitrogens with two attached hydrogens (primary N) is 1. The van der Waals surface area contributed by atoms with E-state index < -0.39 is 17.5 Å². The average molecular weight is 366 g/mol. The Morgan fingerprint density at radius 2 is 1.60 bits per heavy atom. The van der Waals surface area contributed by atoms with Crippen LogP contribution in [0.3, 0.4) is 0 Å². The second-order valence-corrected chi connectivity index (χ2v) is 7.60. The van der Waals surface area contributed by atoms with Crippen LogP contribution in [0.25, 0.3) is 0 Å². The van der Waals surface area contributed by atoms with Crippen LogP contribution in [0.2, 0.25) is 0 Å². The van der Waals surface area contributed by atoms with Crippen LogP contribution in [-0.4, -0.2) is 35.9 Å². The number of urea groups is 1. The predicted molar refractivity (Wildman–Crippen MR) is 103 cm³/mol. The molecule has 0 saturated heterocycles. The van der Waals surface area contributed by atoms with Crippen molar-refractivity contribution in [1.29, 1.82) is 0 Å². The molecule has 0 aliphatic heterocycles. The summed E-state index contributed by atoms with van der Waals surface area (Å²) < 4.78 is 0. The first-order chi connectivity index (χ1) is 11.6. The summed E-state index contributed by atoms with van der Waals surface area (Å²) in [6.45, 7) is 5.49. The van der Waals surface area contributed by atoms with E-state index in [0.717, 1.165) is 5.75 Å². The first-order valence-corrected chi connectivity index (χ1v) is 9.30. The van der Waals surface area contributed by atoms with Gasteiger partial charge in [0.05, 0.1) is 0 Å². The summed E-state index contributed by atoms with van der Waals surface area (Å²) in [6.07, 6.45) is 2.40. The highest BCUT2D eigenvalue weighted by atomic mass is 32.2. The van der Waals surface area contributed by atoms with Crippen LogP contribution in [0, 0.1) is 5.41 Å². The minimum Gasteiger partial charge on any atom is -0.352 e. The Kier molecular flexibility index (Phi) is 7.76.